The number of nitrogens with zero attached hydrogens (tertiary/aromatic N) is 3. The van der Waals surface area contributed by atoms with Crippen molar-refractivity contribution in [1.82, 2.24) is 15.2 Å². The predicted molar refractivity (Wildman–Crippen MR) is 80.5 cm³/mol. The lowest BCUT2D eigenvalue weighted by molar-refractivity contribution is -0.121. The highest BCUT2D eigenvalue weighted by Gasteiger charge is 2.06. The Morgan fingerprint density at radius 3 is 2.65 bits per heavy atom. The number of hydrazone groups is 1. The van der Waals surface area contributed by atoms with Crippen LogP contribution in [0, 0.1) is 13.8 Å². The fourth-order valence-corrected chi connectivity index (χ4v) is 1.92. The molecule has 1 amide bonds. The number of halogens is 2. The smallest absolute Gasteiger partial charge is 0.387 e. The number of alkyl halides is 2. The topological polar surface area (TPSA) is 68.5 Å². The standard InChI is InChI=1S/C15H16F2N4O2/c1-10-7-11(2)21(20-10)9-14(22)19-18-8-12-3-5-13(6-4-12)23-15(16)17/h3-8,15H,9H2,1-2H3,(H,19,22)/b18-8-. The van der Waals surface area contributed by atoms with Crippen LogP contribution in [0.25, 0.3) is 0 Å². The Bertz CT molecular complexity index is 696. The number of aryl methyl sites for hydroxylation is 2. The molecule has 0 radical (unpaired) electrons. The van der Waals surface area contributed by atoms with E-state index in [1.165, 1.54) is 18.3 Å². The molecule has 1 aromatic heterocycles. The summed E-state index contributed by atoms with van der Waals surface area (Å²) in [5.74, 6) is -0.254. The summed E-state index contributed by atoms with van der Waals surface area (Å²) in [4.78, 5) is 11.8. The van der Waals surface area contributed by atoms with Crippen LogP contribution in [0.4, 0.5) is 8.78 Å². The van der Waals surface area contributed by atoms with Crippen LogP contribution in [-0.4, -0.2) is 28.5 Å². The average Bonchev–Trinajstić information content (AvgIpc) is 2.78. The van der Waals surface area contributed by atoms with Crippen LogP contribution in [0.5, 0.6) is 5.75 Å². The molecule has 8 heteroatoms. The highest BCUT2D eigenvalue weighted by molar-refractivity contribution is 5.82. The third-order valence-electron chi connectivity index (χ3n) is 2.90. The molecule has 0 atom stereocenters. The lowest BCUT2D eigenvalue weighted by Gasteiger charge is -2.04. The molecule has 0 aliphatic rings. The summed E-state index contributed by atoms with van der Waals surface area (Å²) in [6, 6.07) is 7.76. The van der Waals surface area contributed by atoms with Crippen LogP contribution in [0.15, 0.2) is 35.4 Å². The van der Waals surface area contributed by atoms with Gasteiger partial charge in [0, 0.05) is 5.69 Å². The van der Waals surface area contributed by atoms with E-state index in [1.54, 1.807) is 16.8 Å². The Morgan fingerprint density at radius 2 is 2.09 bits per heavy atom. The van der Waals surface area contributed by atoms with Crippen molar-refractivity contribution in [2.45, 2.75) is 27.0 Å². The van der Waals surface area contributed by atoms with Crippen molar-refractivity contribution in [2.24, 2.45) is 5.10 Å². The molecule has 0 aliphatic carbocycles. The molecule has 0 bridgehead atoms. The van der Waals surface area contributed by atoms with E-state index in [-0.39, 0.29) is 18.2 Å². The molecule has 0 aliphatic heterocycles. The van der Waals surface area contributed by atoms with Gasteiger partial charge in [-0.05, 0) is 49.7 Å². The van der Waals surface area contributed by atoms with Crippen LogP contribution in [-0.2, 0) is 11.3 Å². The second-order valence-corrected chi connectivity index (χ2v) is 4.83. The van der Waals surface area contributed by atoms with Crippen molar-refractivity contribution in [3.63, 3.8) is 0 Å². The number of ether oxygens (including phenoxy) is 1. The Balaban J connectivity index is 1.86. The van der Waals surface area contributed by atoms with Gasteiger partial charge in [0.15, 0.2) is 0 Å². The average molecular weight is 322 g/mol. The van der Waals surface area contributed by atoms with Gasteiger partial charge in [-0.25, -0.2) is 5.43 Å². The van der Waals surface area contributed by atoms with Crippen molar-refractivity contribution < 1.29 is 18.3 Å². The highest BCUT2D eigenvalue weighted by atomic mass is 19.3. The van der Waals surface area contributed by atoms with Gasteiger partial charge in [0.05, 0.1) is 11.9 Å². The SMILES string of the molecule is Cc1cc(C)n(CC(=O)N/N=C\c2ccc(OC(F)F)cc2)n1. The Labute approximate surface area is 131 Å². The predicted octanol–water partition coefficient (Wildman–Crippen LogP) is 2.25. The normalized spacial score (nSPS) is 11.2. The number of amides is 1. The molecule has 0 unspecified atom stereocenters. The molecular formula is C15H16F2N4O2. The van der Waals surface area contributed by atoms with Gasteiger partial charge in [0.1, 0.15) is 12.3 Å². The van der Waals surface area contributed by atoms with Crippen LogP contribution in [0.1, 0.15) is 17.0 Å². The van der Waals surface area contributed by atoms with Crippen molar-refractivity contribution in [2.75, 3.05) is 0 Å². The zero-order valence-electron chi connectivity index (χ0n) is 12.7. The van der Waals surface area contributed by atoms with E-state index < -0.39 is 6.61 Å². The van der Waals surface area contributed by atoms with Gasteiger partial charge in [-0.3, -0.25) is 9.48 Å². The van der Waals surface area contributed by atoms with Gasteiger partial charge in [0.25, 0.3) is 5.91 Å². The van der Waals surface area contributed by atoms with Crippen LogP contribution in [0.3, 0.4) is 0 Å². The van der Waals surface area contributed by atoms with Crippen molar-refractivity contribution >= 4 is 12.1 Å². The second kappa shape index (κ2) is 7.48. The largest absolute Gasteiger partial charge is 0.435 e. The molecule has 1 aromatic carbocycles. The third kappa shape index (κ3) is 5.17. The molecule has 2 aromatic rings. The van der Waals surface area contributed by atoms with Crippen molar-refractivity contribution in [3.05, 3.63) is 47.3 Å². The van der Waals surface area contributed by atoms with Gasteiger partial charge in [0.2, 0.25) is 0 Å². The minimum absolute atomic E-state index is 0.0608. The summed E-state index contributed by atoms with van der Waals surface area (Å²) in [6.07, 6.45) is 1.41. The number of hydrogen-bond donors (Lipinski definition) is 1. The van der Waals surface area contributed by atoms with E-state index in [0.29, 0.717) is 5.56 Å². The first-order chi connectivity index (χ1) is 10.9. The third-order valence-corrected chi connectivity index (χ3v) is 2.90. The first kappa shape index (κ1) is 16.6. The summed E-state index contributed by atoms with van der Waals surface area (Å²) in [6.45, 7) is 0.918. The number of hydrogen-bond acceptors (Lipinski definition) is 4. The van der Waals surface area contributed by atoms with Gasteiger partial charge in [-0.15, -0.1) is 0 Å². The Hall–Kier alpha value is -2.77. The van der Waals surface area contributed by atoms with Gasteiger partial charge < -0.3 is 4.74 Å². The maximum atomic E-state index is 12.0. The number of carbonyl (C=O) groups is 1. The zero-order valence-corrected chi connectivity index (χ0v) is 12.7. The second-order valence-electron chi connectivity index (χ2n) is 4.83. The van der Waals surface area contributed by atoms with Gasteiger partial charge in [-0.2, -0.15) is 19.0 Å². The number of nitrogens with one attached hydrogen (secondary N) is 1. The number of aromatic nitrogens is 2. The molecule has 1 heterocycles. The molecular weight excluding hydrogens is 306 g/mol. The molecule has 0 spiro atoms. The molecule has 6 nitrogen and oxygen atoms in total. The van der Waals surface area contributed by atoms with E-state index in [4.69, 9.17) is 0 Å². The summed E-state index contributed by atoms with van der Waals surface area (Å²) >= 11 is 0. The van der Waals surface area contributed by atoms with E-state index >= 15 is 0 Å². The summed E-state index contributed by atoms with van der Waals surface area (Å²) < 4.78 is 29.9. The Morgan fingerprint density at radius 1 is 1.39 bits per heavy atom. The Kier molecular flexibility index (Phi) is 5.40. The molecule has 0 fully saturated rings. The quantitative estimate of drug-likeness (QED) is 0.655. The first-order valence-corrected chi connectivity index (χ1v) is 6.82. The van der Waals surface area contributed by atoms with E-state index in [9.17, 15) is 13.6 Å². The number of rotatable bonds is 6. The molecule has 0 saturated carbocycles. The summed E-state index contributed by atoms with van der Waals surface area (Å²) in [5, 5.41) is 7.99. The first-order valence-electron chi connectivity index (χ1n) is 6.82. The van der Waals surface area contributed by atoms with Crippen molar-refractivity contribution in [1.29, 1.82) is 0 Å². The van der Waals surface area contributed by atoms with Crippen LogP contribution < -0.4 is 10.2 Å². The molecule has 122 valence electrons. The summed E-state index contributed by atoms with van der Waals surface area (Å²) in [7, 11) is 0. The minimum atomic E-state index is -2.86. The van der Waals surface area contributed by atoms with E-state index in [1.807, 2.05) is 19.9 Å². The van der Waals surface area contributed by atoms with Crippen LogP contribution >= 0.6 is 0 Å². The monoisotopic (exact) mass is 322 g/mol. The van der Waals surface area contributed by atoms with Gasteiger partial charge in [-0.1, -0.05) is 0 Å². The van der Waals surface area contributed by atoms with Crippen molar-refractivity contribution in [3.8, 4) is 5.75 Å². The zero-order chi connectivity index (χ0) is 16.8. The fourth-order valence-electron chi connectivity index (χ4n) is 1.92. The maximum Gasteiger partial charge on any atom is 0.387 e. The van der Waals surface area contributed by atoms with E-state index in [2.05, 4.69) is 20.4 Å². The van der Waals surface area contributed by atoms with E-state index in [0.717, 1.165) is 11.4 Å². The molecule has 2 rings (SSSR count). The molecule has 1 N–H and O–H groups in total. The lowest BCUT2D eigenvalue weighted by Crippen LogP contribution is -2.24. The molecule has 23 heavy (non-hydrogen) atoms. The van der Waals surface area contributed by atoms with Crippen LogP contribution in [0.2, 0.25) is 0 Å². The number of carbonyl (C=O) groups excluding carboxylic acids is 1. The number of benzene rings is 1. The lowest BCUT2D eigenvalue weighted by atomic mass is 10.2. The summed E-state index contributed by atoms with van der Waals surface area (Å²) in [5.41, 5.74) is 4.74. The maximum absolute atomic E-state index is 12.0. The molecule has 0 saturated heterocycles. The fraction of sp³-hybridized carbons (Fsp3) is 0.267. The van der Waals surface area contributed by atoms with Gasteiger partial charge >= 0.3 is 6.61 Å². The minimum Gasteiger partial charge on any atom is -0.435 e. The highest BCUT2D eigenvalue weighted by Crippen LogP contribution is 2.13.